The summed E-state index contributed by atoms with van der Waals surface area (Å²) in [5.74, 6) is -0.327. The second-order valence-electron chi connectivity index (χ2n) is 8.83. The molecule has 27 heavy (non-hydrogen) atoms. The molecule has 4 aliphatic rings. The van der Waals surface area contributed by atoms with Crippen LogP contribution >= 0.6 is 0 Å². The minimum atomic E-state index is -0.525. The Bertz CT molecular complexity index is 575. The summed E-state index contributed by atoms with van der Waals surface area (Å²) in [5, 5.41) is 0. The van der Waals surface area contributed by atoms with Crippen LogP contribution in [0.2, 0.25) is 0 Å². The molecule has 0 amide bonds. The van der Waals surface area contributed by atoms with Crippen LogP contribution in [0.1, 0.15) is 57.8 Å². The summed E-state index contributed by atoms with van der Waals surface area (Å²) >= 11 is 0. The first-order chi connectivity index (χ1) is 13.1. The van der Waals surface area contributed by atoms with Crippen LogP contribution in [0, 0.1) is 29.6 Å². The number of esters is 2. The Balaban J connectivity index is 1.34. The topological polar surface area (TPSA) is 82.2 Å². The Morgan fingerprint density at radius 3 is 2.19 bits per heavy atom. The van der Waals surface area contributed by atoms with Gasteiger partial charge in [-0.2, -0.15) is 0 Å². The zero-order chi connectivity index (χ0) is 18.8. The normalized spacial score (nSPS) is 32.6. The largest absolute Gasteiger partial charge is 0.465 e. The summed E-state index contributed by atoms with van der Waals surface area (Å²) in [5.41, 5.74) is 0. The Hall–Kier alpha value is -1.43. The first-order valence-electron chi connectivity index (χ1n) is 10.6. The molecule has 0 aromatic carbocycles. The molecule has 1 aliphatic heterocycles. The van der Waals surface area contributed by atoms with Gasteiger partial charge in [0.15, 0.2) is 0 Å². The number of epoxide rings is 1. The number of hydrogen-bond acceptors (Lipinski definition) is 6. The van der Waals surface area contributed by atoms with Crippen LogP contribution in [-0.4, -0.2) is 43.6 Å². The number of carbonyl (C=O) groups excluding carboxylic acids is 3. The van der Waals surface area contributed by atoms with Gasteiger partial charge < -0.3 is 14.2 Å². The van der Waals surface area contributed by atoms with Crippen molar-refractivity contribution in [3.8, 4) is 0 Å². The van der Waals surface area contributed by atoms with Gasteiger partial charge in [0.05, 0.1) is 25.0 Å². The van der Waals surface area contributed by atoms with E-state index in [4.69, 9.17) is 14.2 Å². The molecule has 4 rings (SSSR count). The fraction of sp³-hybridized carbons (Fsp3) is 0.857. The van der Waals surface area contributed by atoms with Crippen LogP contribution in [0.5, 0.6) is 0 Å². The smallest absolute Gasteiger partial charge is 0.309 e. The van der Waals surface area contributed by atoms with Gasteiger partial charge in [-0.3, -0.25) is 14.4 Å². The number of hydrogen-bond donors (Lipinski definition) is 0. The van der Waals surface area contributed by atoms with Crippen molar-refractivity contribution < 1.29 is 28.6 Å². The molecule has 0 aromatic heterocycles. The molecule has 0 N–H and O–H groups in total. The summed E-state index contributed by atoms with van der Waals surface area (Å²) < 4.78 is 15.9. The second kappa shape index (κ2) is 8.29. The summed E-state index contributed by atoms with van der Waals surface area (Å²) in [6, 6.07) is 0. The highest BCUT2D eigenvalue weighted by atomic mass is 16.6. The molecule has 0 aromatic rings. The average molecular weight is 378 g/mol. The highest BCUT2D eigenvalue weighted by molar-refractivity contribution is 5.88. The van der Waals surface area contributed by atoms with Gasteiger partial charge in [0.2, 0.25) is 0 Å². The third kappa shape index (κ3) is 5.53. The summed E-state index contributed by atoms with van der Waals surface area (Å²) in [6.45, 7) is 1.36. The average Bonchev–Trinajstić information content (AvgIpc) is 3.54. The minimum Gasteiger partial charge on any atom is -0.465 e. The van der Waals surface area contributed by atoms with Crippen molar-refractivity contribution in [3.05, 3.63) is 0 Å². The third-order valence-corrected chi connectivity index (χ3v) is 6.37. The Labute approximate surface area is 160 Å². The van der Waals surface area contributed by atoms with Gasteiger partial charge in [0.25, 0.3) is 0 Å². The number of carbonyl (C=O) groups is 3. The Kier molecular flexibility index (Phi) is 5.81. The number of ketones is 1. The molecule has 4 fully saturated rings. The van der Waals surface area contributed by atoms with Crippen molar-refractivity contribution in [1.82, 2.24) is 0 Å². The molecule has 1 heterocycles. The first-order valence-corrected chi connectivity index (χ1v) is 10.6. The molecule has 6 heteroatoms. The molecule has 0 bridgehead atoms. The fourth-order valence-electron chi connectivity index (χ4n) is 4.02. The maximum absolute atomic E-state index is 12.7. The van der Waals surface area contributed by atoms with E-state index in [0.29, 0.717) is 50.7 Å². The Morgan fingerprint density at radius 1 is 0.815 bits per heavy atom. The molecular weight excluding hydrogens is 348 g/mol. The highest BCUT2D eigenvalue weighted by Gasteiger charge is 2.43. The maximum atomic E-state index is 12.7. The quantitative estimate of drug-likeness (QED) is 0.429. The monoisotopic (exact) mass is 378 g/mol. The minimum absolute atomic E-state index is 0.000799. The van der Waals surface area contributed by atoms with E-state index in [2.05, 4.69) is 0 Å². The van der Waals surface area contributed by atoms with Crippen molar-refractivity contribution >= 4 is 17.7 Å². The Morgan fingerprint density at radius 2 is 1.52 bits per heavy atom. The number of Topliss-reactive ketones (excluding diaryl/α,β-unsaturated/α-hetero) is 1. The van der Waals surface area contributed by atoms with E-state index >= 15 is 0 Å². The lowest BCUT2D eigenvalue weighted by molar-refractivity contribution is -0.160. The molecule has 4 atom stereocenters. The van der Waals surface area contributed by atoms with Gasteiger partial charge in [-0.15, -0.1) is 0 Å². The van der Waals surface area contributed by atoms with E-state index in [1.807, 2.05) is 0 Å². The van der Waals surface area contributed by atoms with Gasteiger partial charge in [0, 0.05) is 12.3 Å². The van der Waals surface area contributed by atoms with Crippen LogP contribution < -0.4 is 0 Å². The van der Waals surface area contributed by atoms with Crippen LogP contribution in [0.4, 0.5) is 0 Å². The number of rotatable bonds is 10. The van der Waals surface area contributed by atoms with Crippen LogP contribution in [0.25, 0.3) is 0 Å². The maximum Gasteiger partial charge on any atom is 0.309 e. The van der Waals surface area contributed by atoms with Gasteiger partial charge in [0.1, 0.15) is 18.5 Å². The first kappa shape index (κ1) is 18.9. The van der Waals surface area contributed by atoms with Gasteiger partial charge in [-0.1, -0.05) is 12.8 Å². The van der Waals surface area contributed by atoms with E-state index in [1.54, 1.807) is 0 Å². The van der Waals surface area contributed by atoms with Crippen molar-refractivity contribution in [2.75, 3.05) is 19.8 Å². The molecule has 6 nitrogen and oxygen atoms in total. The van der Waals surface area contributed by atoms with E-state index in [0.717, 1.165) is 19.3 Å². The molecule has 0 radical (unpaired) electrons. The van der Waals surface area contributed by atoms with Crippen molar-refractivity contribution in [1.29, 1.82) is 0 Å². The highest BCUT2D eigenvalue weighted by Crippen LogP contribution is 2.39. The predicted octanol–water partition coefficient (Wildman–Crippen LogP) is 2.67. The molecule has 0 spiro atoms. The lowest BCUT2D eigenvalue weighted by atomic mass is 9.71. The van der Waals surface area contributed by atoms with Gasteiger partial charge in [-0.25, -0.2) is 0 Å². The van der Waals surface area contributed by atoms with E-state index in [1.165, 1.54) is 12.8 Å². The van der Waals surface area contributed by atoms with Crippen molar-refractivity contribution in [2.45, 2.75) is 63.9 Å². The number of ether oxygens (including phenoxy) is 3. The molecule has 3 saturated carbocycles. The van der Waals surface area contributed by atoms with E-state index in [-0.39, 0.29) is 42.3 Å². The fourth-order valence-corrected chi connectivity index (χ4v) is 4.02. The lowest BCUT2D eigenvalue weighted by Crippen LogP contribution is -2.39. The van der Waals surface area contributed by atoms with E-state index in [9.17, 15) is 14.4 Å². The van der Waals surface area contributed by atoms with Crippen molar-refractivity contribution in [2.24, 2.45) is 29.6 Å². The van der Waals surface area contributed by atoms with E-state index < -0.39 is 5.92 Å². The lowest BCUT2D eigenvalue weighted by Gasteiger charge is -2.33. The molecular formula is C21H30O6. The standard InChI is InChI=1S/C21H30O6/c22-19(8-5-13-1-2-13)17-7-6-15(20(23)26-10-14-3-4-14)9-18(17)21(24)27-12-16-11-25-16/h13-18H,1-12H2. The van der Waals surface area contributed by atoms with Crippen LogP contribution in [-0.2, 0) is 28.6 Å². The van der Waals surface area contributed by atoms with Crippen molar-refractivity contribution in [3.63, 3.8) is 0 Å². The third-order valence-electron chi connectivity index (χ3n) is 6.37. The SMILES string of the molecule is O=C(OCC1CC1)C1CCC(C(=O)CCC2CC2)C(C(=O)OCC2CO2)C1. The summed E-state index contributed by atoms with van der Waals surface area (Å²) in [7, 11) is 0. The van der Waals surface area contributed by atoms with Gasteiger partial charge in [-0.05, 0) is 50.4 Å². The predicted molar refractivity (Wildman–Crippen MR) is 95.7 cm³/mol. The second-order valence-corrected chi connectivity index (χ2v) is 8.83. The zero-order valence-electron chi connectivity index (χ0n) is 15.9. The van der Waals surface area contributed by atoms with Crippen LogP contribution in [0.3, 0.4) is 0 Å². The van der Waals surface area contributed by atoms with Crippen LogP contribution in [0.15, 0.2) is 0 Å². The molecule has 4 unspecified atom stereocenters. The summed E-state index contributed by atoms with van der Waals surface area (Å²) in [4.78, 5) is 37.8. The molecule has 150 valence electrons. The van der Waals surface area contributed by atoms with Gasteiger partial charge >= 0.3 is 11.9 Å². The molecule has 3 aliphatic carbocycles. The summed E-state index contributed by atoms with van der Waals surface area (Å²) in [6.07, 6.45) is 7.75. The zero-order valence-corrected chi connectivity index (χ0v) is 15.9. The molecule has 1 saturated heterocycles.